The van der Waals surface area contributed by atoms with E-state index in [9.17, 15) is 4.79 Å². The first kappa shape index (κ1) is 11.9. The Balaban J connectivity index is 0.00000121. The monoisotopic (exact) mass is 291 g/mol. The van der Waals surface area contributed by atoms with Crippen molar-refractivity contribution in [2.75, 3.05) is 7.11 Å². The minimum atomic E-state index is -0.691. The molecule has 0 aliphatic carbocycles. The summed E-state index contributed by atoms with van der Waals surface area (Å²) in [6, 6.07) is 6.53. The molecule has 3 nitrogen and oxygen atoms in total. The predicted octanol–water partition coefficient (Wildman–Crippen LogP) is 1.89. The zero-order chi connectivity index (χ0) is 8.27. The van der Waals surface area contributed by atoms with Crippen LogP contribution in [0.4, 0.5) is 0 Å². The van der Waals surface area contributed by atoms with E-state index in [0.29, 0.717) is 11.3 Å². The molecule has 0 saturated heterocycles. The predicted molar refractivity (Wildman–Crippen MR) is 41.6 cm³/mol. The Kier molecular flexibility index (Phi) is 5.42. The first-order chi connectivity index (χ1) is 5.24. The molecule has 0 spiro atoms. The number of benzene rings is 1. The second-order valence-electron chi connectivity index (χ2n) is 2.06. The molecule has 1 aromatic carbocycles. The zero-order valence-electron chi connectivity index (χ0n) is 6.70. The number of carbonyl (C=O) groups excluding carboxylic acids is 1. The molecule has 0 aliphatic rings. The third-order valence-corrected chi connectivity index (χ3v) is 1.33. The first-order valence-corrected chi connectivity index (χ1v) is 3.14. The van der Waals surface area contributed by atoms with E-state index < -0.39 is 5.91 Å². The minimum Gasteiger partial charge on any atom is -0.664 e. The van der Waals surface area contributed by atoms with Crippen LogP contribution in [-0.4, -0.2) is 13.0 Å². The number of hydrogen-bond donors (Lipinski definition) is 0. The van der Waals surface area contributed by atoms with Crippen molar-refractivity contribution >= 4 is 5.91 Å². The molecular formula is C8H8NO2Pr-. The number of ether oxygens (including phenoxy) is 1. The van der Waals surface area contributed by atoms with E-state index >= 15 is 0 Å². The van der Waals surface area contributed by atoms with Crippen LogP contribution in [0.5, 0.6) is 5.75 Å². The normalized spacial score (nSPS) is 8.42. The quantitative estimate of drug-likeness (QED) is 0.835. The first-order valence-electron chi connectivity index (χ1n) is 3.14. The van der Waals surface area contributed by atoms with Gasteiger partial charge in [-0.15, -0.1) is 0 Å². The molecule has 1 aromatic rings. The topological polar surface area (TPSA) is 50.1 Å². The van der Waals surface area contributed by atoms with E-state index in [1.165, 1.54) is 13.2 Å². The summed E-state index contributed by atoms with van der Waals surface area (Å²) in [4.78, 5) is 10.5. The van der Waals surface area contributed by atoms with E-state index in [-0.39, 0.29) is 41.3 Å². The van der Waals surface area contributed by atoms with Crippen molar-refractivity contribution in [3.63, 3.8) is 0 Å². The van der Waals surface area contributed by atoms with Crippen molar-refractivity contribution < 1.29 is 50.8 Å². The second kappa shape index (κ2) is 5.49. The Hall–Kier alpha value is -0.146. The van der Waals surface area contributed by atoms with Crippen LogP contribution < -0.4 is 4.74 Å². The molecule has 0 aromatic heterocycles. The number of nitrogens with one attached hydrogen (secondary N) is 1. The molecule has 0 atom stereocenters. The Morgan fingerprint density at radius 3 is 2.67 bits per heavy atom. The van der Waals surface area contributed by atoms with Gasteiger partial charge in [-0.1, -0.05) is 12.1 Å². The van der Waals surface area contributed by atoms with Gasteiger partial charge in [0.15, 0.2) is 0 Å². The summed E-state index contributed by atoms with van der Waals surface area (Å²) in [6.07, 6.45) is 0. The number of hydrogen-bond acceptors (Lipinski definition) is 2. The van der Waals surface area contributed by atoms with E-state index in [1.807, 2.05) is 0 Å². The summed E-state index contributed by atoms with van der Waals surface area (Å²) in [7, 11) is 1.52. The fraction of sp³-hybridized carbons (Fsp3) is 0.125. The second-order valence-corrected chi connectivity index (χ2v) is 2.06. The number of methoxy groups -OCH3 is 1. The van der Waals surface area contributed by atoms with Crippen molar-refractivity contribution in [1.29, 1.82) is 0 Å². The molecule has 0 unspecified atom stereocenters. The molecule has 1 radical (unpaired) electrons. The fourth-order valence-electron chi connectivity index (χ4n) is 0.764. The Morgan fingerprint density at radius 2 is 2.17 bits per heavy atom. The maximum Gasteiger partial charge on any atom is 0.119 e. The van der Waals surface area contributed by atoms with Gasteiger partial charge in [0.25, 0.3) is 0 Å². The number of amides is 1. The van der Waals surface area contributed by atoms with Crippen molar-refractivity contribution in [1.82, 2.24) is 0 Å². The summed E-state index contributed by atoms with van der Waals surface area (Å²) in [6.45, 7) is 0. The third-order valence-electron chi connectivity index (χ3n) is 1.33. The molecule has 61 valence electrons. The maximum absolute atomic E-state index is 10.5. The van der Waals surface area contributed by atoms with Crippen molar-refractivity contribution in [3.8, 4) is 5.75 Å². The van der Waals surface area contributed by atoms with Crippen LogP contribution in [0.1, 0.15) is 10.4 Å². The van der Waals surface area contributed by atoms with Gasteiger partial charge in [-0.25, -0.2) is 0 Å². The van der Waals surface area contributed by atoms with Gasteiger partial charge in [-0.05, 0) is 12.1 Å². The van der Waals surface area contributed by atoms with Gasteiger partial charge < -0.3 is 15.3 Å². The molecular weight excluding hydrogens is 283 g/mol. The van der Waals surface area contributed by atoms with Gasteiger partial charge >= 0.3 is 0 Å². The van der Waals surface area contributed by atoms with Crippen LogP contribution in [0, 0.1) is 41.3 Å². The van der Waals surface area contributed by atoms with Gasteiger partial charge in [0, 0.05) is 46.9 Å². The van der Waals surface area contributed by atoms with E-state index in [0.717, 1.165) is 0 Å². The molecule has 0 fully saturated rings. The Morgan fingerprint density at radius 1 is 1.50 bits per heavy atom. The zero-order valence-corrected chi connectivity index (χ0v) is 10.4. The Labute approximate surface area is 104 Å². The summed E-state index contributed by atoms with van der Waals surface area (Å²) in [5.74, 6) is -0.0907. The van der Waals surface area contributed by atoms with Crippen molar-refractivity contribution in [3.05, 3.63) is 35.6 Å². The van der Waals surface area contributed by atoms with Crippen molar-refractivity contribution in [2.24, 2.45) is 0 Å². The fourth-order valence-corrected chi connectivity index (χ4v) is 0.764. The molecule has 1 rings (SSSR count). The van der Waals surface area contributed by atoms with Gasteiger partial charge in [-0.3, -0.25) is 0 Å². The molecule has 1 amide bonds. The standard InChI is InChI=1S/C8H9NO2.Pr/c1-11-7-4-2-3-6(5-7)8(9)10;/h2-5H,1H3,(H2,9,10);/p-1. The summed E-state index contributed by atoms with van der Waals surface area (Å²) in [5.41, 5.74) is 7.15. The molecule has 0 saturated carbocycles. The molecule has 0 heterocycles. The van der Waals surface area contributed by atoms with Crippen molar-refractivity contribution in [2.45, 2.75) is 0 Å². The molecule has 12 heavy (non-hydrogen) atoms. The van der Waals surface area contributed by atoms with E-state index in [4.69, 9.17) is 10.5 Å². The van der Waals surface area contributed by atoms with Crippen LogP contribution in [0.15, 0.2) is 24.3 Å². The van der Waals surface area contributed by atoms with Gasteiger partial charge in [0.2, 0.25) is 0 Å². The number of rotatable bonds is 2. The van der Waals surface area contributed by atoms with Crippen LogP contribution in [0.3, 0.4) is 0 Å². The third kappa shape index (κ3) is 3.07. The minimum absolute atomic E-state index is 0. The molecule has 0 aliphatic heterocycles. The molecule has 0 bridgehead atoms. The summed E-state index contributed by atoms with van der Waals surface area (Å²) < 4.78 is 4.87. The SMILES string of the molecule is COc1cccc(C([NH-])=O)c1.[Pr]. The maximum atomic E-state index is 10.5. The number of carbonyl (C=O) groups is 1. The van der Waals surface area contributed by atoms with Crippen LogP contribution in [0.2, 0.25) is 0 Å². The van der Waals surface area contributed by atoms with E-state index in [1.54, 1.807) is 18.2 Å². The summed E-state index contributed by atoms with van der Waals surface area (Å²) >= 11 is 0. The largest absolute Gasteiger partial charge is 0.664 e. The summed E-state index contributed by atoms with van der Waals surface area (Å²) in [5, 5.41) is 0. The molecule has 1 N–H and O–H groups in total. The smallest absolute Gasteiger partial charge is 0.119 e. The van der Waals surface area contributed by atoms with Crippen LogP contribution in [0.25, 0.3) is 5.73 Å². The van der Waals surface area contributed by atoms with E-state index in [2.05, 4.69) is 0 Å². The van der Waals surface area contributed by atoms with Gasteiger partial charge in [0.05, 0.1) is 13.0 Å². The van der Waals surface area contributed by atoms with Crippen LogP contribution >= 0.6 is 0 Å². The van der Waals surface area contributed by atoms with Crippen LogP contribution in [-0.2, 0) is 0 Å². The average Bonchev–Trinajstić information content (AvgIpc) is 2.05. The average molecular weight is 291 g/mol. The van der Waals surface area contributed by atoms with Gasteiger partial charge in [0.1, 0.15) is 5.75 Å². The van der Waals surface area contributed by atoms with Gasteiger partial charge in [-0.2, -0.15) is 0 Å². The Bertz CT molecular complexity index is 276. The molecule has 4 heteroatoms.